The fourth-order valence-electron chi connectivity index (χ4n) is 3.21. The van der Waals surface area contributed by atoms with E-state index >= 15 is 0 Å². The molecule has 1 aliphatic rings. The van der Waals surface area contributed by atoms with Gasteiger partial charge in [-0.25, -0.2) is 19.3 Å². The van der Waals surface area contributed by atoms with Crippen LogP contribution < -0.4 is 16.0 Å². The van der Waals surface area contributed by atoms with Crippen LogP contribution in [0.4, 0.5) is 9.93 Å². The van der Waals surface area contributed by atoms with Crippen molar-refractivity contribution in [2.75, 3.05) is 5.32 Å². The molecular weight excluding hydrogens is 558 g/mol. The zero-order chi connectivity index (χ0) is 30.8. The van der Waals surface area contributed by atoms with Gasteiger partial charge in [0.2, 0.25) is 11.5 Å². The lowest BCUT2D eigenvalue weighted by molar-refractivity contribution is -0.179. The number of carbonyl (C=O) groups is 4. The van der Waals surface area contributed by atoms with Crippen LogP contribution >= 0.6 is 11.3 Å². The summed E-state index contributed by atoms with van der Waals surface area (Å²) in [6.07, 6.45) is -0.740. The molecule has 1 fully saturated rings. The number of β-lactam (4-membered cyclic amide) rings is 1. The van der Waals surface area contributed by atoms with Crippen LogP contribution in [0.15, 0.2) is 10.5 Å². The van der Waals surface area contributed by atoms with Crippen LogP contribution in [0.1, 0.15) is 66.9 Å². The highest BCUT2D eigenvalue weighted by Gasteiger charge is 2.42. The van der Waals surface area contributed by atoms with Gasteiger partial charge in [-0.05, 0) is 72.7 Å². The van der Waals surface area contributed by atoms with E-state index in [0.29, 0.717) is 5.82 Å². The van der Waals surface area contributed by atoms with E-state index in [-0.39, 0.29) is 23.1 Å². The summed E-state index contributed by atoms with van der Waals surface area (Å²) in [6, 6.07) is -1.44. The van der Waals surface area contributed by atoms with Crippen molar-refractivity contribution in [2.45, 2.75) is 97.7 Å². The van der Waals surface area contributed by atoms with Gasteiger partial charge in [-0.1, -0.05) is 5.16 Å². The number of esters is 1. The lowest BCUT2D eigenvalue weighted by Gasteiger charge is -2.36. The molecule has 3 N–H and O–H groups in total. The largest absolute Gasteiger partial charge is 0.457 e. The second-order valence-electron chi connectivity index (χ2n) is 11.7. The third kappa shape index (κ3) is 8.67. The number of carbonyl (C=O) groups excluding carboxylic acids is 4. The number of aryl methyl sites for hydroxylation is 1. The zero-order valence-electron chi connectivity index (χ0n) is 24.4. The highest BCUT2D eigenvalue weighted by atomic mass is 32.1. The Kier molecular flexibility index (Phi) is 9.00. The lowest BCUT2D eigenvalue weighted by atomic mass is 9.98. The molecule has 3 amide bonds. The van der Waals surface area contributed by atoms with Gasteiger partial charge in [0.15, 0.2) is 10.8 Å². The number of hydrogen-bond donors (Lipinski definition) is 3. The summed E-state index contributed by atoms with van der Waals surface area (Å²) in [5.41, 5.74) is -3.43. The van der Waals surface area contributed by atoms with Gasteiger partial charge in [-0.2, -0.15) is 0 Å². The number of hydrogen-bond acceptors (Lipinski definition) is 13. The third-order valence-electron chi connectivity index (χ3n) is 5.21. The van der Waals surface area contributed by atoms with E-state index in [2.05, 4.69) is 41.6 Å². The number of oxime groups is 1. The first-order chi connectivity index (χ1) is 18.8. The van der Waals surface area contributed by atoms with Crippen LogP contribution in [0.25, 0.3) is 0 Å². The lowest BCUT2D eigenvalue weighted by Crippen LogP contribution is -2.70. The summed E-state index contributed by atoms with van der Waals surface area (Å²) >= 11 is 1.01. The third-order valence-corrected chi connectivity index (χ3v) is 5.96. The van der Waals surface area contributed by atoms with E-state index in [1.165, 1.54) is 23.9 Å². The minimum atomic E-state index is -1.58. The van der Waals surface area contributed by atoms with Gasteiger partial charge in [0.1, 0.15) is 28.8 Å². The topological polar surface area (TPSA) is 201 Å². The monoisotopic (exact) mass is 593 g/mol. The Hall–Kier alpha value is -4.15. The Morgan fingerprint density at radius 1 is 1.10 bits per heavy atom. The number of ether oxygens (including phenoxy) is 2. The quantitative estimate of drug-likeness (QED) is 0.164. The number of thiazole rings is 1. The summed E-state index contributed by atoms with van der Waals surface area (Å²) in [7, 11) is 0. The molecule has 0 spiro atoms. The Morgan fingerprint density at radius 3 is 2.32 bits per heavy atom. The van der Waals surface area contributed by atoms with Crippen molar-refractivity contribution in [2.24, 2.45) is 5.16 Å². The predicted molar refractivity (Wildman–Crippen MR) is 146 cm³/mol. The molecule has 2 aromatic rings. The smallest absolute Gasteiger partial charge is 0.413 e. The molecule has 0 aliphatic carbocycles. The predicted octanol–water partition coefficient (Wildman–Crippen LogP) is 1.31. The van der Waals surface area contributed by atoms with Gasteiger partial charge in [-0.3, -0.25) is 14.9 Å². The second kappa shape index (κ2) is 11.8. The van der Waals surface area contributed by atoms with Gasteiger partial charge in [0, 0.05) is 5.38 Å². The maximum absolute atomic E-state index is 13.4. The molecule has 16 nitrogen and oxygen atoms in total. The van der Waals surface area contributed by atoms with Crippen molar-refractivity contribution in [3.05, 3.63) is 16.9 Å². The van der Waals surface area contributed by atoms with E-state index in [9.17, 15) is 19.2 Å². The van der Waals surface area contributed by atoms with E-state index in [1.54, 1.807) is 48.5 Å². The van der Waals surface area contributed by atoms with Gasteiger partial charge in [0.05, 0.1) is 12.6 Å². The minimum Gasteiger partial charge on any atom is -0.457 e. The van der Waals surface area contributed by atoms with Crippen LogP contribution in [-0.4, -0.2) is 83.7 Å². The Labute approximate surface area is 240 Å². The Bertz CT molecular complexity index is 1340. The normalized spacial score (nSPS) is 17.7. The number of anilines is 1. The standard InChI is InChI=1S/C24H35N9O7S/c1-12-29-31-32-33(12)10-13-15(17(34)25-13)27-18(35)16(30-40-24(8,9)19(36)38-22(2,3)4)14-11-41-20(26-14)28-21(37)39-23(5,6)7/h11,13,15H,10H2,1-9H3,(H,25,34)(H,27,35)(H,26,28,37)/t13-,15-/m0/s1. The van der Waals surface area contributed by atoms with Gasteiger partial charge in [-0.15, -0.1) is 16.4 Å². The summed E-state index contributed by atoms with van der Waals surface area (Å²) < 4.78 is 12.1. The molecule has 3 rings (SSSR count). The number of rotatable bonds is 9. The molecule has 224 valence electrons. The molecule has 0 unspecified atom stereocenters. The molecule has 41 heavy (non-hydrogen) atoms. The maximum Gasteiger partial charge on any atom is 0.413 e. The molecule has 0 radical (unpaired) electrons. The van der Waals surface area contributed by atoms with Crippen molar-refractivity contribution in [1.82, 2.24) is 35.8 Å². The molecule has 0 aromatic carbocycles. The van der Waals surface area contributed by atoms with Crippen molar-refractivity contribution in [3.8, 4) is 0 Å². The molecule has 0 saturated carbocycles. The van der Waals surface area contributed by atoms with Crippen molar-refractivity contribution in [1.29, 1.82) is 0 Å². The van der Waals surface area contributed by atoms with Crippen molar-refractivity contribution < 1.29 is 33.5 Å². The van der Waals surface area contributed by atoms with Crippen LogP contribution in [-0.2, 0) is 35.2 Å². The summed E-state index contributed by atoms with van der Waals surface area (Å²) in [4.78, 5) is 60.4. The maximum atomic E-state index is 13.4. The average Bonchev–Trinajstić information content (AvgIpc) is 3.43. The molecule has 2 atom stereocenters. The van der Waals surface area contributed by atoms with Crippen LogP contribution in [0.5, 0.6) is 0 Å². The molecule has 17 heteroatoms. The number of tetrazole rings is 1. The molecule has 3 heterocycles. The number of nitrogens with one attached hydrogen (secondary N) is 3. The highest BCUT2D eigenvalue weighted by molar-refractivity contribution is 7.14. The van der Waals surface area contributed by atoms with E-state index < -0.39 is 52.8 Å². The molecule has 2 aromatic heterocycles. The van der Waals surface area contributed by atoms with Crippen molar-refractivity contribution in [3.63, 3.8) is 0 Å². The van der Waals surface area contributed by atoms with E-state index in [4.69, 9.17) is 14.3 Å². The van der Waals surface area contributed by atoms with Crippen LogP contribution in [0.2, 0.25) is 0 Å². The van der Waals surface area contributed by atoms with Gasteiger partial charge < -0.3 is 24.9 Å². The summed E-state index contributed by atoms with van der Waals surface area (Å²) in [6.45, 7) is 15.0. The first-order valence-corrected chi connectivity index (χ1v) is 13.5. The van der Waals surface area contributed by atoms with Crippen LogP contribution in [0.3, 0.4) is 0 Å². The molecule has 0 bridgehead atoms. The first kappa shape index (κ1) is 31.4. The molecule has 1 saturated heterocycles. The average molecular weight is 594 g/mol. The molecule has 1 aliphatic heterocycles. The Balaban J connectivity index is 1.84. The van der Waals surface area contributed by atoms with Crippen molar-refractivity contribution >= 4 is 46.1 Å². The first-order valence-electron chi connectivity index (χ1n) is 12.6. The fourth-order valence-corrected chi connectivity index (χ4v) is 3.89. The fraction of sp³-hybridized carbons (Fsp3) is 0.625. The minimum absolute atomic E-state index is 0.0196. The SMILES string of the molecule is Cc1nnnn1C[C@@H]1NC(=O)[C@H]1NC(=O)C(=NOC(C)(C)C(=O)OC(C)(C)C)c1csc(NC(=O)OC(C)(C)C)n1. The van der Waals surface area contributed by atoms with E-state index in [0.717, 1.165) is 11.3 Å². The summed E-state index contributed by atoms with van der Waals surface area (Å²) in [5, 5.41) is 24.6. The van der Waals surface area contributed by atoms with Gasteiger partial charge in [0.25, 0.3) is 5.91 Å². The number of nitrogens with zero attached hydrogens (tertiary/aromatic N) is 6. The number of aromatic nitrogens is 5. The Morgan fingerprint density at radius 2 is 1.76 bits per heavy atom. The second-order valence-corrected chi connectivity index (χ2v) is 12.5. The van der Waals surface area contributed by atoms with Gasteiger partial charge >= 0.3 is 12.1 Å². The highest BCUT2D eigenvalue weighted by Crippen LogP contribution is 2.21. The van der Waals surface area contributed by atoms with E-state index in [1.807, 2.05) is 0 Å². The summed E-state index contributed by atoms with van der Waals surface area (Å²) in [5.74, 6) is -1.41. The number of amides is 3. The van der Waals surface area contributed by atoms with Crippen LogP contribution in [0, 0.1) is 6.92 Å². The zero-order valence-corrected chi connectivity index (χ0v) is 25.2. The molecular formula is C24H35N9O7S.